The Morgan fingerprint density at radius 2 is 1.44 bits per heavy atom. The van der Waals surface area contributed by atoms with Gasteiger partial charge in [0.1, 0.15) is 0 Å². The van der Waals surface area contributed by atoms with Gasteiger partial charge in [0.25, 0.3) is 0 Å². The third kappa shape index (κ3) is 0.500. The Kier molecular flexibility index (Phi) is 0.717. The molecule has 0 amide bonds. The fourth-order valence-electron chi connectivity index (χ4n) is 3.36. The van der Waals surface area contributed by atoms with Crippen LogP contribution in [0, 0.1) is 23.7 Å². The fourth-order valence-corrected chi connectivity index (χ4v) is 3.36. The molecule has 4 atom stereocenters. The number of fused-ring (bicyclic) bond motifs is 5. The van der Waals surface area contributed by atoms with Gasteiger partial charge < -0.3 is 0 Å². The molecule has 0 N–H and O–H groups in total. The van der Waals surface area contributed by atoms with E-state index < -0.39 is 0 Å². The lowest BCUT2D eigenvalue weighted by atomic mass is 9.84. The molecule has 0 aliphatic heterocycles. The lowest BCUT2D eigenvalue weighted by molar-refractivity contribution is 0.303. The van der Waals surface area contributed by atoms with Crippen LogP contribution in [0.4, 0.5) is 0 Å². The van der Waals surface area contributed by atoms with Crippen molar-refractivity contribution in [1.82, 2.24) is 0 Å². The molecule has 0 heteroatoms. The van der Waals surface area contributed by atoms with E-state index in [1.807, 2.05) is 0 Å². The van der Waals surface area contributed by atoms with Crippen molar-refractivity contribution in [3.8, 4) is 0 Å². The highest BCUT2D eigenvalue weighted by Gasteiger charge is 2.54. The van der Waals surface area contributed by atoms with Gasteiger partial charge in [0.15, 0.2) is 0 Å². The average molecular weight is 122 g/mol. The first-order valence-electron chi connectivity index (χ1n) is 4.45. The van der Waals surface area contributed by atoms with Crippen LogP contribution in [-0.2, 0) is 0 Å². The lowest BCUT2D eigenvalue weighted by Crippen LogP contribution is -2.09. The van der Waals surface area contributed by atoms with Gasteiger partial charge in [-0.1, -0.05) is 19.3 Å². The van der Waals surface area contributed by atoms with Gasteiger partial charge in [0.05, 0.1) is 0 Å². The quantitative estimate of drug-likeness (QED) is 0.463. The molecular weight excluding hydrogens is 108 g/mol. The molecule has 3 saturated carbocycles. The molecule has 0 saturated heterocycles. The molecule has 3 fully saturated rings. The van der Waals surface area contributed by atoms with Crippen LogP contribution >= 0.6 is 0 Å². The summed E-state index contributed by atoms with van der Waals surface area (Å²) in [5.74, 6) is 4.87. The number of hydrogen-bond donors (Lipinski definition) is 0. The molecule has 9 heavy (non-hydrogen) atoms. The van der Waals surface area contributed by atoms with Crippen molar-refractivity contribution in [2.24, 2.45) is 23.7 Å². The van der Waals surface area contributed by atoms with Crippen LogP contribution < -0.4 is 0 Å². The van der Waals surface area contributed by atoms with Crippen molar-refractivity contribution in [2.45, 2.75) is 32.1 Å². The van der Waals surface area contributed by atoms with Crippen LogP contribution in [0.2, 0.25) is 0 Å². The van der Waals surface area contributed by atoms with E-state index in [2.05, 4.69) is 0 Å². The first-order chi connectivity index (χ1) is 4.45. The zero-order valence-electron chi connectivity index (χ0n) is 5.84. The Hall–Kier alpha value is 0. The smallest absolute Gasteiger partial charge is 0.0352 e. The molecule has 0 spiro atoms. The molecular formula is C9H14. The Morgan fingerprint density at radius 1 is 0.778 bits per heavy atom. The van der Waals surface area contributed by atoms with Gasteiger partial charge in [-0.3, -0.25) is 0 Å². The Balaban J connectivity index is 1.92. The van der Waals surface area contributed by atoms with E-state index in [1.165, 1.54) is 23.7 Å². The monoisotopic (exact) mass is 122 g/mol. The summed E-state index contributed by atoms with van der Waals surface area (Å²) in [6, 6.07) is 0. The maximum Gasteiger partial charge on any atom is -0.0352 e. The van der Waals surface area contributed by atoms with E-state index in [0.717, 1.165) is 0 Å². The molecule has 3 aliphatic rings. The van der Waals surface area contributed by atoms with Crippen LogP contribution in [0.1, 0.15) is 32.1 Å². The van der Waals surface area contributed by atoms with Crippen LogP contribution in [0.5, 0.6) is 0 Å². The number of hydrogen-bond acceptors (Lipinski definition) is 0. The van der Waals surface area contributed by atoms with E-state index in [0.29, 0.717) is 0 Å². The van der Waals surface area contributed by atoms with E-state index >= 15 is 0 Å². The van der Waals surface area contributed by atoms with E-state index in [9.17, 15) is 0 Å². The van der Waals surface area contributed by atoms with Gasteiger partial charge in [0.2, 0.25) is 0 Å². The highest BCUT2D eigenvalue weighted by atomic mass is 14.6. The summed E-state index contributed by atoms with van der Waals surface area (Å²) in [6.07, 6.45) is 7.96. The molecule has 0 aromatic carbocycles. The summed E-state index contributed by atoms with van der Waals surface area (Å²) in [5.41, 5.74) is 0. The Morgan fingerprint density at radius 3 is 2.00 bits per heavy atom. The van der Waals surface area contributed by atoms with Crippen LogP contribution in [0.3, 0.4) is 0 Å². The summed E-state index contributed by atoms with van der Waals surface area (Å²) >= 11 is 0. The van der Waals surface area contributed by atoms with Gasteiger partial charge in [0, 0.05) is 0 Å². The molecule has 2 bridgehead atoms. The van der Waals surface area contributed by atoms with Gasteiger partial charge in [-0.25, -0.2) is 0 Å². The van der Waals surface area contributed by atoms with Gasteiger partial charge >= 0.3 is 0 Å². The summed E-state index contributed by atoms with van der Waals surface area (Å²) < 4.78 is 0. The molecule has 0 aromatic rings. The largest absolute Gasteiger partial charge is 0.0528 e. The fraction of sp³-hybridized carbons (Fsp3) is 1.00. The van der Waals surface area contributed by atoms with Crippen LogP contribution in [-0.4, -0.2) is 0 Å². The minimum atomic E-state index is 1.20. The van der Waals surface area contributed by atoms with Gasteiger partial charge in [-0.2, -0.15) is 0 Å². The van der Waals surface area contributed by atoms with Gasteiger partial charge in [-0.05, 0) is 36.5 Å². The summed E-state index contributed by atoms with van der Waals surface area (Å²) in [7, 11) is 0. The molecule has 50 valence electrons. The van der Waals surface area contributed by atoms with Crippen molar-refractivity contribution < 1.29 is 0 Å². The topological polar surface area (TPSA) is 0 Å². The average Bonchev–Trinajstić information content (AvgIpc) is 2.62. The minimum Gasteiger partial charge on any atom is -0.0528 e. The van der Waals surface area contributed by atoms with Crippen molar-refractivity contribution in [3.05, 3.63) is 0 Å². The molecule has 4 unspecified atom stereocenters. The van der Waals surface area contributed by atoms with Gasteiger partial charge in [-0.15, -0.1) is 0 Å². The molecule has 0 nitrogen and oxygen atoms in total. The highest BCUT2D eigenvalue weighted by molar-refractivity contribution is 5.04. The van der Waals surface area contributed by atoms with E-state index in [1.54, 1.807) is 32.1 Å². The standard InChI is InChI=1S/C9H14/c1-2-6-4-7(3-1)9-5-8(6)9/h6-9H,1-5H2. The van der Waals surface area contributed by atoms with Crippen molar-refractivity contribution >= 4 is 0 Å². The zero-order chi connectivity index (χ0) is 5.84. The molecule has 3 aliphatic carbocycles. The predicted octanol–water partition coefficient (Wildman–Crippen LogP) is 2.44. The second-order valence-corrected chi connectivity index (χ2v) is 4.25. The second-order valence-electron chi connectivity index (χ2n) is 4.25. The van der Waals surface area contributed by atoms with E-state index in [-0.39, 0.29) is 0 Å². The number of rotatable bonds is 0. The summed E-state index contributed by atoms with van der Waals surface area (Å²) in [4.78, 5) is 0. The SMILES string of the molecule is C1CC2CC(C1)C1CC21. The molecule has 0 radical (unpaired) electrons. The maximum absolute atomic E-state index is 1.62. The third-order valence-electron chi connectivity index (χ3n) is 3.86. The summed E-state index contributed by atoms with van der Waals surface area (Å²) in [6.45, 7) is 0. The lowest BCUT2D eigenvalue weighted by Gasteiger charge is -2.21. The summed E-state index contributed by atoms with van der Waals surface area (Å²) in [5, 5.41) is 0. The van der Waals surface area contributed by atoms with Crippen LogP contribution in [0.25, 0.3) is 0 Å². The Bertz CT molecular complexity index is 125. The van der Waals surface area contributed by atoms with Crippen molar-refractivity contribution in [3.63, 3.8) is 0 Å². The second kappa shape index (κ2) is 1.36. The maximum atomic E-state index is 1.62. The normalized spacial score (nSPS) is 61.3. The van der Waals surface area contributed by atoms with Crippen molar-refractivity contribution in [2.75, 3.05) is 0 Å². The minimum absolute atomic E-state index is 1.20. The van der Waals surface area contributed by atoms with E-state index in [4.69, 9.17) is 0 Å². The molecule has 0 aromatic heterocycles. The third-order valence-corrected chi connectivity index (χ3v) is 3.86. The first kappa shape index (κ1) is 4.76. The highest BCUT2D eigenvalue weighted by Crippen LogP contribution is 2.63. The van der Waals surface area contributed by atoms with Crippen LogP contribution in [0.15, 0.2) is 0 Å². The molecule has 3 rings (SSSR count). The first-order valence-corrected chi connectivity index (χ1v) is 4.45. The molecule has 0 heterocycles. The predicted molar refractivity (Wildman–Crippen MR) is 37.0 cm³/mol. The van der Waals surface area contributed by atoms with Crippen molar-refractivity contribution in [1.29, 1.82) is 0 Å². The zero-order valence-corrected chi connectivity index (χ0v) is 5.84. The Labute approximate surface area is 56.6 Å².